The molecule has 52 heavy (non-hydrogen) atoms. The molecule has 0 unspecified atom stereocenters. The van der Waals surface area contributed by atoms with Crippen LogP contribution in [0.1, 0.15) is 25.0 Å². The molecule has 0 spiro atoms. The molecule has 0 aliphatic heterocycles. The van der Waals surface area contributed by atoms with E-state index in [2.05, 4.69) is 184 Å². The molecule has 9 aromatic carbocycles. The summed E-state index contributed by atoms with van der Waals surface area (Å²) < 4.78 is 6.45. The van der Waals surface area contributed by atoms with Crippen LogP contribution in [0.2, 0.25) is 0 Å². The lowest BCUT2D eigenvalue weighted by Gasteiger charge is -2.23. The van der Waals surface area contributed by atoms with Gasteiger partial charge >= 0.3 is 0 Å². The van der Waals surface area contributed by atoms with Gasteiger partial charge in [0.15, 0.2) is 0 Å². The number of hydrogen-bond donors (Lipinski definition) is 0. The maximum Gasteiger partial charge on any atom is 0.136 e. The van der Waals surface area contributed by atoms with Crippen LogP contribution in [0.5, 0.6) is 0 Å². The highest BCUT2D eigenvalue weighted by atomic mass is 16.3. The van der Waals surface area contributed by atoms with Crippen LogP contribution < -0.4 is 0 Å². The summed E-state index contributed by atoms with van der Waals surface area (Å²) >= 11 is 0. The van der Waals surface area contributed by atoms with Crippen molar-refractivity contribution in [3.63, 3.8) is 0 Å². The summed E-state index contributed by atoms with van der Waals surface area (Å²) in [7, 11) is 0. The highest BCUT2D eigenvalue weighted by Crippen LogP contribution is 2.55. The van der Waals surface area contributed by atoms with E-state index < -0.39 is 0 Å². The van der Waals surface area contributed by atoms with E-state index in [0.29, 0.717) is 0 Å². The highest BCUT2D eigenvalue weighted by molar-refractivity contribution is 6.27. The zero-order valence-corrected chi connectivity index (χ0v) is 29.1. The number of furan rings is 1. The molecule has 0 atom stereocenters. The highest BCUT2D eigenvalue weighted by Gasteiger charge is 2.37. The van der Waals surface area contributed by atoms with E-state index in [9.17, 15) is 0 Å². The first-order chi connectivity index (χ1) is 25.6. The molecule has 10 aromatic rings. The molecule has 0 amide bonds. The molecule has 1 nitrogen and oxygen atoms in total. The van der Waals surface area contributed by atoms with Crippen molar-refractivity contribution in [2.24, 2.45) is 0 Å². The summed E-state index contributed by atoms with van der Waals surface area (Å²) in [4.78, 5) is 0. The van der Waals surface area contributed by atoms with Crippen molar-refractivity contribution in [1.82, 2.24) is 0 Å². The second kappa shape index (κ2) is 10.8. The molecule has 1 heterocycles. The minimum absolute atomic E-state index is 0.0976. The molecular weight excluding hydrogens is 629 g/mol. The summed E-state index contributed by atoms with van der Waals surface area (Å²) in [6.07, 6.45) is 0. The Kier molecular flexibility index (Phi) is 6.08. The van der Waals surface area contributed by atoms with Crippen LogP contribution in [-0.4, -0.2) is 0 Å². The number of para-hydroxylation sites is 1. The van der Waals surface area contributed by atoms with Crippen molar-refractivity contribution in [3.05, 3.63) is 181 Å². The first-order valence-electron chi connectivity index (χ1n) is 18.2. The van der Waals surface area contributed by atoms with E-state index in [1.54, 1.807) is 0 Å². The Bertz CT molecular complexity index is 3090. The van der Waals surface area contributed by atoms with Gasteiger partial charge in [-0.3, -0.25) is 0 Å². The minimum Gasteiger partial charge on any atom is -0.456 e. The van der Waals surface area contributed by atoms with E-state index in [1.165, 1.54) is 88.0 Å². The van der Waals surface area contributed by atoms with Crippen molar-refractivity contribution in [3.8, 4) is 44.5 Å². The fourth-order valence-corrected chi connectivity index (χ4v) is 9.35. The molecule has 0 fully saturated rings. The first kappa shape index (κ1) is 29.3. The molecular formula is C51H34O. The predicted octanol–water partition coefficient (Wildman–Crippen LogP) is 14.4. The molecule has 1 aromatic heterocycles. The predicted molar refractivity (Wildman–Crippen MR) is 220 cm³/mol. The van der Waals surface area contributed by atoms with Gasteiger partial charge in [-0.2, -0.15) is 0 Å². The normalized spacial score (nSPS) is 13.3. The fourth-order valence-electron chi connectivity index (χ4n) is 9.35. The molecule has 0 radical (unpaired) electrons. The van der Waals surface area contributed by atoms with Crippen molar-refractivity contribution in [1.29, 1.82) is 0 Å². The van der Waals surface area contributed by atoms with Crippen molar-refractivity contribution >= 4 is 54.3 Å². The maximum absolute atomic E-state index is 6.45. The second-order valence-electron chi connectivity index (χ2n) is 14.8. The molecule has 0 N–H and O–H groups in total. The van der Waals surface area contributed by atoms with Gasteiger partial charge in [-0.15, -0.1) is 0 Å². The average Bonchev–Trinajstić information content (AvgIpc) is 3.69. The SMILES string of the molecule is CC1(C)c2ccccc2-c2c(-c3c4ccccc4c(-c4cccc5oc6ccccc6c45)c4ccc(-c5cccc6ccccc56)cc34)cccc21. The Balaban J connectivity index is 1.33. The Morgan fingerprint density at radius 1 is 0.365 bits per heavy atom. The van der Waals surface area contributed by atoms with Crippen LogP contribution in [0.3, 0.4) is 0 Å². The third kappa shape index (κ3) is 3.99. The maximum atomic E-state index is 6.45. The summed E-state index contributed by atoms with van der Waals surface area (Å²) in [6.45, 7) is 4.74. The van der Waals surface area contributed by atoms with Crippen molar-refractivity contribution in [2.75, 3.05) is 0 Å². The van der Waals surface area contributed by atoms with Crippen LogP contribution in [0.15, 0.2) is 174 Å². The van der Waals surface area contributed by atoms with Crippen LogP contribution in [-0.2, 0) is 5.41 Å². The molecule has 11 rings (SSSR count). The quantitative estimate of drug-likeness (QED) is 0.172. The zero-order valence-electron chi connectivity index (χ0n) is 29.1. The molecule has 1 aliphatic carbocycles. The van der Waals surface area contributed by atoms with Gasteiger partial charge in [-0.1, -0.05) is 166 Å². The Hall–Kier alpha value is -6.44. The monoisotopic (exact) mass is 662 g/mol. The van der Waals surface area contributed by atoms with Crippen molar-refractivity contribution < 1.29 is 4.42 Å². The molecule has 244 valence electrons. The standard InChI is InChI=1S/C51H34O/c1-51(2)43-24-9-7-19-38(43)49-40(22-12-25-44(49)51)48-36-18-6-5-17-35(36)47(41-23-13-27-46-50(41)39-20-8-10-26-45(39)52-46)37-29-28-32(30-42(37)48)34-21-11-15-31-14-3-4-16-33(31)34/h3-30H,1-2H3. The van der Waals surface area contributed by atoms with Crippen LogP contribution in [0.25, 0.3) is 98.8 Å². The van der Waals surface area contributed by atoms with E-state index in [-0.39, 0.29) is 5.41 Å². The van der Waals surface area contributed by atoms with Gasteiger partial charge in [0.05, 0.1) is 0 Å². The summed E-state index contributed by atoms with van der Waals surface area (Å²) in [5.74, 6) is 0. The van der Waals surface area contributed by atoms with Gasteiger partial charge in [-0.25, -0.2) is 0 Å². The van der Waals surface area contributed by atoms with Gasteiger partial charge in [0.1, 0.15) is 11.2 Å². The Morgan fingerprint density at radius 2 is 0.923 bits per heavy atom. The van der Waals surface area contributed by atoms with Gasteiger partial charge < -0.3 is 4.42 Å². The van der Waals surface area contributed by atoms with Crippen LogP contribution in [0, 0.1) is 0 Å². The molecule has 0 bridgehead atoms. The summed E-state index contributed by atoms with van der Waals surface area (Å²) in [5.41, 5.74) is 14.6. The average molecular weight is 663 g/mol. The Labute approximate surface area is 302 Å². The summed E-state index contributed by atoms with van der Waals surface area (Å²) in [6, 6.07) is 62.5. The van der Waals surface area contributed by atoms with E-state index in [0.717, 1.165) is 21.9 Å². The van der Waals surface area contributed by atoms with Gasteiger partial charge in [0.2, 0.25) is 0 Å². The largest absolute Gasteiger partial charge is 0.456 e. The van der Waals surface area contributed by atoms with E-state index in [1.807, 2.05) is 0 Å². The number of fused-ring (bicyclic) bond motifs is 9. The van der Waals surface area contributed by atoms with Gasteiger partial charge in [-0.05, 0) is 106 Å². The number of hydrogen-bond acceptors (Lipinski definition) is 1. The van der Waals surface area contributed by atoms with Crippen LogP contribution >= 0.6 is 0 Å². The van der Waals surface area contributed by atoms with E-state index >= 15 is 0 Å². The topological polar surface area (TPSA) is 13.1 Å². The van der Waals surface area contributed by atoms with Gasteiger partial charge in [0, 0.05) is 16.2 Å². The van der Waals surface area contributed by atoms with Crippen LogP contribution in [0.4, 0.5) is 0 Å². The molecule has 1 aliphatic rings. The lowest BCUT2D eigenvalue weighted by atomic mass is 9.80. The zero-order chi connectivity index (χ0) is 34.6. The first-order valence-corrected chi connectivity index (χ1v) is 18.2. The third-order valence-electron chi connectivity index (χ3n) is 11.7. The number of rotatable bonds is 3. The lowest BCUT2D eigenvalue weighted by molar-refractivity contribution is 0.660. The molecule has 1 heteroatoms. The summed E-state index contributed by atoms with van der Waals surface area (Å²) in [5, 5.41) is 9.78. The van der Waals surface area contributed by atoms with Crippen molar-refractivity contribution in [2.45, 2.75) is 19.3 Å². The number of benzene rings is 9. The molecule has 0 saturated carbocycles. The Morgan fingerprint density at radius 3 is 1.79 bits per heavy atom. The fraction of sp³-hybridized carbons (Fsp3) is 0.0588. The van der Waals surface area contributed by atoms with E-state index in [4.69, 9.17) is 4.42 Å². The minimum atomic E-state index is -0.0976. The second-order valence-corrected chi connectivity index (χ2v) is 14.8. The lowest BCUT2D eigenvalue weighted by Crippen LogP contribution is -2.14. The third-order valence-corrected chi connectivity index (χ3v) is 11.7. The smallest absolute Gasteiger partial charge is 0.136 e. The molecule has 0 saturated heterocycles. The van der Waals surface area contributed by atoms with Gasteiger partial charge in [0.25, 0.3) is 0 Å².